The number of benzene rings is 2. The van der Waals surface area contributed by atoms with Crippen LogP contribution in [0.5, 0.6) is 0 Å². The molecule has 2 aromatic carbocycles. The van der Waals surface area contributed by atoms with E-state index in [9.17, 15) is 0 Å². The Morgan fingerprint density at radius 1 is 0.800 bits per heavy atom. The lowest BCUT2D eigenvalue weighted by Gasteiger charge is -2.41. The van der Waals surface area contributed by atoms with Crippen molar-refractivity contribution >= 4 is 11.4 Å². The monoisotopic (exact) mass is 262 g/mol. The molecule has 0 heterocycles. The van der Waals surface area contributed by atoms with Gasteiger partial charge in [-0.05, 0) is 30.3 Å². The molecule has 0 radical (unpaired) electrons. The van der Waals surface area contributed by atoms with Crippen molar-refractivity contribution in [3.8, 4) is 0 Å². The van der Waals surface area contributed by atoms with Gasteiger partial charge < -0.3 is 10.6 Å². The molecule has 0 bridgehead atoms. The Kier molecular flexibility index (Phi) is 3.40. The predicted octanol–water partition coefficient (Wildman–Crippen LogP) is 4.00. The van der Waals surface area contributed by atoms with Crippen molar-refractivity contribution in [2.24, 2.45) is 5.73 Å². The first-order valence-corrected chi connectivity index (χ1v) is 6.83. The highest BCUT2D eigenvalue weighted by Gasteiger charge is 2.31. The minimum absolute atomic E-state index is 0.530. The van der Waals surface area contributed by atoms with E-state index in [0.717, 1.165) is 17.8 Å². The average Bonchev–Trinajstić information content (AvgIpc) is 2.50. The van der Waals surface area contributed by atoms with Crippen molar-refractivity contribution in [1.29, 1.82) is 0 Å². The molecule has 1 aliphatic carbocycles. The summed E-state index contributed by atoms with van der Waals surface area (Å²) in [6.45, 7) is 0. The third kappa shape index (κ3) is 2.38. The fourth-order valence-corrected chi connectivity index (χ4v) is 2.58. The molecule has 20 heavy (non-hydrogen) atoms. The smallest absolute Gasteiger partial charge is 0.116 e. The topological polar surface area (TPSA) is 29.3 Å². The van der Waals surface area contributed by atoms with E-state index in [1.54, 1.807) is 0 Å². The van der Waals surface area contributed by atoms with Crippen molar-refractivity contribution in [1.82, 2.24) is 0 Å². The van der Waals surface area contributed by atoms with E-state index in [0.29, 0.717) is 0 Å². The van der Waals surface area contributed by atoms with E-state index in [1.807, 2.05) is 48.6 Å². The Bertz CT molecular complexity index is 577. The first-order chi connectivity index (χ1) is 9.80. The van der Waals surface area contributed by atoms with Gasteiger partial charge in [-0.3, -0.25) is 0 Å². The molecule has 100 valence electrons. The van der Waals surface area contributed by atoms with Gasteiger partial charge in [0.25, 0.3) is 0 Å². The molecule has 0 amide bonds. The summed E-state index contributed by atoms with van der Waals surface area (Å²) < 4.78 is 0. The number of allylic oxidation sites excluding steroid dienone is 2. The van der Waals surface area contributed by atoms with Crippen LogP contribution in [0.1, 0.15) is 6.42 Å². The zero-order valence-electron chi connectivity index (χ0n) is 11.3. The molecule has 0 saturated carbocycles. The molecule has 2 heteroatoms. The minimum Gasteiger partial charge on any atom is -0.319 e. The van der Waals surface area contributed by atoms with Crippen LogP contribution in [0, 0.1) is 0 Å². The molecule has 2 aromatic rings. The van der Waals surface area contributed by atoms with E-state index in [4.69, 9.17) is 5.73 Å². The Hall–Kier alpha value is -2.32. The predicted molar refractivity (Wildman–Crippen MR) is 84.8 cm³/mol. The summed E-state index contributed by atoms with van der Waals surface area (Å²) in [7, 11) is 0. The van der Waals surface area contributed by atoms with Crippen LogP contribution in [0.4, 0.5) is 11.4 Å². The lowest BCUT2D eigenvalue weighted by atomic mass is 9.98. The Morgan fingerprint density at radius 3 is 1.80 bits per heavy atom. The van der Waals surface area contributed by atoms with Gasteiger partial charge in [0.2, 0.25) is 0 Å². The zero-order valence-corrected chi connectivity index (χ0v) is 11.3. The largest absolute Gasteiger partial charge is 0.319 e. The summed E-state index contributed by atoms with van der Waals surface area (Å²) in [5.41, 5.74) is 8.32. The fourth-order valence-electron chi connectivity index (χ4n) is 2.58. The highest BCUT2D eigenvalue weighted by Crippen LogP contribution is 2.34. The number of nitrogens with zero attached hydrogens (tertiary/aromatic N) is 1. The van der Waals surface area contributed by atoms with Crippen LogP contribution < -0.4 is 10.6 Å². The standard InChI is InChI=1S/C18H18N2/c19-18(14-8-3-9-15-18)20(16-10-4-1-5-11-16)17-12-6-2-7-13-17/h1-14H,15,19H2. The third-order valence-electron chi connectivity index (χ3n) is 3.52. The number of anilines is 2. The molecule has 0 fully saturated rings. The van der Waals surface area contributed by atoms with Crippen LogP contribution in [0.2, 0.25) is 0 Å². The first-order valence-electron chi connectivity index (χ1n) is 6.83. The van der Waals surface area contributed by atoms with E-state index in [1.165, 1.54) is 0 Å². The quantitative estimate of drug-likeness (QED) is 0.847. The molecule has 3 rings (SSSR count). The van der Waals surface area contributed by atoms with E-state index < -0.39 is 5.66 Å². The summed E-state index contributed by atoms with van der Waals surface area (Å²) in [5.74, 6) is 0. The van der Waals surface area contributed by atoms with Gasteiger partial charge in [-0.1, -0.05) is 54.6 Å². The van der Waals surface area contributed by atoms with Gasteiger partial charge in [0.05, 0.1) is 0 Å². The van der Waals surface area contributed by atoms with Gasteiger partial charge in [-0.15, -0.1) is 0 Å². The average molecular weight is 262 g/mol. The molecule has 0 saturated heterocycles. The zero-order chi connectivity index (χ0) is 13.8. The lowest BCUT2D eigenvalue weighted by Crippen LogP contribution is -2.52. The third-order valence-corrected chi connectivity index (χ3v) is 3.52. The molecule has 2 nitrogen and oxygen atoms in total. The van der Waals surface area contributed by atoms with Crippen LogP contribution in [0.3, 0.4) is 0 Å². The summed E-state index contributed by atoms with van der Waals surface area (Å²) in [6, 6.07) is 20.6. The Balaban J connectivity index is 2.09. The van der Waals surface area contributed by atoms with Gasteiger partial charge in [0, 0.05) is 17.8 Å². The maximum absolute atomic E-state index is 6.66. The molecular formula is C18H18N2. The van der Waals surface area contributed by atoms with Gasteiger partial charge in [-0.2, -0.15) is 0 Å². The van der Waals surface area contributed by atoms with Gasteiger partial charge in [0.15, 0.2) is 0 Å². The van der Waals surface area contributed by atoms with E-state index in [2.05, 4.69) is 41.3 Å². The number of rotatable bonds is 3. The number of hydrogen-bond donors (Lipinski definition) is 1. The normalized spacial score (nSPS) is 20.9. The highest BCUT2D eigenvalue weighted by atomic mass is 15.3. The van der Waals surface area contributed by atoms with Crippen molar-refractivity contribution in [3.63, 3.8) is 0 Å². The van der Waals surface area contributed by atoms with Gasteiger partial charge >= 0.3 is 0 Å². The molecule has 0 aliphatic heterocycles. The first kappa shape index (κ1) is 12.7. The molecule has 0 aromatic heterocycles. The second-order valence-electron chi connectivity index (χ2n) is 4.99. The van der Waals surface area contributed by atoms with Gasteiger partial charge in [0.1, 0.15) is 5.66 Å². The molecule has 1 aliphatic rings. The Morgan fingerprint density at radius 2 is 1.35 bits per heavy atom. The molecule has 2 N–H and O–H groups in total. The Labute approximate surface area is 119 Å². The summed E-state index contributed by atoms with van der Waals surface area (Å²) >= 11 is 0. The lowest BCUT2D eigenvalue weighted by molar-refractivity contribution is 0.540. The van der Waals surface area contributed by atoms with Crippen molar-refractivity contribution in [2.75, 3.05) is 4.90 Å². The SMILES string of the molecule is NC1(N(c2ccccc2)c2ccccc2)C=CC=CC1. The van der Waals surface area contributed by atoms with Crippen molar-refractivity contribution in [3.05, 3.63) is 85.0 Å². The fraction of sp³-hybridized carbons (Fsp3) is 0.111. The number of para-hydroxylation sites is 2. The maximum atomic E-state index is 6.66. The summed E-state index contributed by atoms with van der Waals surface area (Å²) in [5, 5.41) is 0. The minimum atomic E-state index is -0.530. The molecular weight excluding hydrogens is 244 g/mol. The van der Waals surface area contributed by atoms with Crippen molar-refractivity contribution < 1.29 is 0 Å². The highest BCUT2D eigenvalue weighted by molar-refractivity contribution is 5.66. The van der Waals surface area contributed by atoms with Crippen molar-refractivity contribution in [2.45, 2.75) is 12.1 Å². The molecule has 1 atom stereocenters. The van der Waals surface area contributed by atoms with Crippen LogP contribution >= 0.6 is 0 Å². The van der Waals surface area contributed by atoms with Crippen LogP contribution in [-0.2, 0) is 0 Å². The second kappa shape index (κ2) is 5.35. The van der Waals surface area contributed by atoms with Gasteiger partial charge in [-0.25, -0.2) is 0 Å². The van der Waals surface area contributed by atoms with Crippen LogP contribution in [0.25, 0.3) is 0 Å². The second-order valence-corrected chi connectivity index (χ2v) is 4.99. The molecule has 1 unspecified atom stereocenters. The van der Waals surface area contributed by atoms with E-state index >= 15 is 0 Å². The number of hydrogen-bond acceptors (Lipinski definition) is 2. The summed E-state index contributed by atoms with van der Waals surface area (Å²) in [4.78, 5) is 2.19. The summed E-state index contributed by atoms with van der Waals surface area (Å²) in [6.07, 6.45) is 9.01. The van der Waals surface area contributed by atoms with Crippen LogP contribution in [0.15, 0.2) is 85.0 Å². The molecule has 0 spiro atoms. The maximum Gasteiger partial charge on any atom is 0.116 e. The van der Waals surface area contributed by atoms with E-state index in [-0.39, 0.29) is 0 Å². The van der Waals surface area contributed by atoms with Crippen LogP contribution in [-0.4, -0.2) is 5.66 Å². The number of nitrogens with two attached hydrogens (primary N) is 1.